The number of amides is 1. The molecule has 162 valence electrons. The summed E-state index contributed by atoms with van der Waals surface area (Å²) in [5.74, 6) is -0.106. The van der Waals surface area contributed by atoms with Crippen LogP contribution in [0.25, 0.3) is 6.08 Å². The number of benzene rings is 2. The fourth-order valence-corrected chi connectivity index (χ4v) is 4.31. The molecule has 6 nitrogen and oxygen atoms in total. The van der Waals surface area contributed by atoms with Gasteiger partial charge < -0.3 is 14.6 Å². The molecule has 8 heteroatoms. The standard InChI is InChI=1S/C23H23NO5S2/c1-4-5-10-29-18-9-7-15(11-19(18)28-3)12-20-21(25)24(23(30)31-20)17-13-16(22(26)27)8-6-14(17)2/h6-9,11-13H,4-5,10H2,1-3H3,(H,26,27)/b20-12-. The molecule has 1 N–H and O–H groups in total. The van der Waals surface area contributed by atoms with Gasteiger partial charge in [-0.3, -0.25) is 9.69 Å². The van der Waals surface area contributed by atoms with Crippen LogP contribution in [0.4, 0.5) is 5.69 Å². The number of ether oxygens (including phenoxy) is 2. The van der Waals surface area contributed by atoms with Gasteiger partial charge in [0.25, 0.3) is 5.91 Å². The van der Waals surface area contributed by atoms with E-state index < -0.39 is 5.97 Å². The van der Waals surface area contributed by atoms with Crippen molar-refractivity contribution in [1.82, 2.24) is 0 Å². The largest absolute Gasteiger partial charge is 0.493 e. The summed E-state index contributed by atoms with van der Waals surface area (Å²) in [5, 5.41) is 9.29. The number of aromatic carboxylic acids is 1. The number of carboxylic acids is 1. The zero-order valence-corrected chi connectivity index (χ0v) is 19.1. The van der Waals surface area contributed by atoms with Crippen LogP contribution in [0.1, 0.15) is 41.3 Å². The number of nitrogens with zero attached hydrogens (tertiary/aromatic N) is 1. The van der Waals surface area contributed by atoms with Gasteiger partial charge in [0, 0.05) is 0 Å². The molecule has 0 spiro atoms. The second kappa shape index (κ2) is 9.98. The third-order valence-electron chi connectivity index (χ3n) is 4.73. The number of methoxy groups -OCH3 is 1. The minimum absolute atomic E-state index is 0.0991. The summed E-state index contributed by atoms with van der Waals surface area (Å²) < 4.78 is 11.5. The zero-order valence-electron chi connectivity index (χ0n) is 17.5. The average Bonchev–Trinajstić information content (AvgIpc) is 3.02. The quantitative estimate of drug-likeness (QED) is 0.328. The molecule has 31 heavy (non-hydrogen) atoms. The Morgan fingerprint density at radius 2 is 2.00 bits per heavy atom. The maximum Gasteiger partial charge on any atom is 0.335 e. The highest BCUT2D eigenvalue weighted by atomic mass is 32.2. The molecule has 0 aliphatic carbocycles. The monoisotopic (exact) mass is 457 g/mol. The highest BCUT2D eigenvalue weighted by Crippen LogP contribution is 2.38. The normalized spacial score (nSPS) is 14.9. The van der Waals surface area contributed by atoms with E-state index in [4.69, 9.17) is 21.7 Å². The van der Waals surface area contributed by atoms with Crippen molar-refractivity contribution in [2.45, 2.75) is 26.7 Å². The van der Waals surface area contributed by atoms with Crippen molar-refractivity contribution in [1.29, 1.82) is 0 Å². The van der Waals surface area contributed by atoms with E-state index >= 15 is 0 Å². The first kappa shape index (κ1) is 22.8. The van der Waals surface area contributed by atoms with Gasteiger partial charge in [-0.1, -0.05) is 49.5 Å². The first-order valence-corrected chi connectivity index (χ1v) is 11.0. The van der Waals surface area contributed by atoms with Crippen LogP contribution in [0.5, 0.6) is 11.5 Å². The summed E-state index contributed by atoms with van der Waals surface area (Å²) in [5.41, 5.74) is 2.11. The first-order valence-electron chi connectivity index (χ1n) is 9.78. The topological polar surface area (TPSA) is 76.1 Å². The van der Waals surface area contributed by atoms with Crippen molar-refractivity contribution >= 4 is 51.9 Å². The summed E-state index contributed by atoms with van der Waals surface area (Å²) in [6.45, 7) is 4.52. The van der Waals surface area contributed by atoms with Crippen LogP contribution < -0.4 is 14.4 Å². The fourth-order valence-electron chi connectivity index (χ4n) is 3.03. The van der Waals surface area contributed by atoms with Gasteiger partial charge in [0.1, 0.15) is 0 Å². The van der Waals surface area contributed by atoms with E-state index in [0.29, 0.717) is 33.0 Å². The SMILES string of the molecule is CCCCOc1ccc(/C=C2\SC(=S)N(c3cc(C(=O)O)ccc3C)C2=O)cc1OC. The van der Waals surface area contributed by atoms with Crippen LogP contribution in [-0.4, -0.2) is 35.0 Å². The van der Waals surface area contributed by atoms with Crippen LogP contribution in [0, 0.1) is 6.92 Å². The lowest BCUT2D eigenvalue weighted by Crippen LogP contribution is -2.28. The molecule has 2 aromatic carbocycles. The fraction of sp³-hybridized carbons (Fsp3) is 0.261. The number of carboxylic acid groups (broad SMARTS) is 1. The van der Waals surface area contributed by atoms with Gasteiger partial charge in [-0.25, -0.2) is 4.79 Å². The summed E-state index contributed by atoms with van der Waals surface area (Å²) in [7, 11) is 1.57. The van der Waals surface area contributed by atoms with E-state index in [9.17, 15) is 14.7 Å². The van der Waals surface area contributed by atoms with Gasteiger partial charge in [0.15, 0.2) is 15.8 Å². The number of unbranched alkanes of at least 4 members (excludes halogenated alkanes) is 1. The molecular weight excluding hydrogens is 434 g/mol. The molecule has 0 aromatic heterocycles. The van der Waals surface area contributed by atoms with Gasteiger partial charge in [-0.05, 0) is 54.8 Å². The number of carbonyl (C=O) groups is 2. The molecule has 1 saturated heterocycles. The second-order valence-electron chi connectivity index (χ2n) is 6.94. The molecule has 0 bridgehead atoms. The minimum Gasteiger partial charge on any atom is -0.493 e. The first-order chi connectivity index (χ1) is 14.8. The Labute approximate surface area is 190 Å². The number of rotatable bonds is 8. The number of hydrogen-bond donors (Lipinski definition) is 1. The van der Waals surface area contributed by atoms with Gasteiger partial charge in [-0.15, -0.1) is 0 Å². The lowest BCUT2D eigenvalue weighted by Gasteiger charge is -2.17. The number of aryl methyl sites for hydroxylation is 1. The molecule has 3 rings (SSSR count). The molecule has 2 aromatic rings. The molecule has 0 atom stereocenters. The smallest absolute Gasteiger partial charge is 0.335 e. The van der Waals surface area contributed by atoms with Crippen LogP contribution >= 0.6 is 24.0 Å². The zero-order chi connectivity index (χ0) is 22.5. The predicted octanol–water partition coefficient (Wildman–Crippen LogP) is 5.29. The number of carbonyl (C=O) groups excluding carboxylic acids is 1. The number of anilines is 1. The highest BCUT2D eigenvalue weighted by Gasteiger charge is 2.34. The van der Waals surface area contributed by atoms with Crippen LogP contribution in [-0.2, 0) is 4.79 Å². The van der Waals surface area contributed by atoms with Crippen molar-refractivity contribution < 1.29 is 24.2 Å². The molecular formula is C23H23NO5S2. The molecule has 1 heterocycles. The van der Waals surface area contributed by atoms with E-state index in [1.165, 1.54) is 28.8 Å². The lowest BCUT2D eigenvalue weighted by atomic mass is 10.1. The van der Waals surface area contributed by atoms with Gasteiger partial charge >= 0.3 is 5.97 Å². The van der Waals surface area contributed by atoms with E-state index in [1.54, 1.807) is 19.3 Å². The summed E-state index contributed by atoms with van der Waals surface area (Å²) in [6.07, 6.45) is 3.74. The Morgan fingerprint density at radius 1 is 1.23 bits per heavy atom. The van der Waals surface area contributed by atoms with Crippen molar-refractivity contribution in [3.63, 3.8) is 0 Å². The van der Waals surface area contributed by atoms with Crippen molar-refractivity contribution in [2.75, 3.05) is 18.6 Å². The molecule has 0 unspecified atom stereocenters. The molecule has 1 amide bonds. The third-order valence-corrected chi connectivity index (χ3v) is 6.03. The Hall–Kier alpha value is -2.84. The third kappa shape index (κ3) is 5.08. The number of hydrogen-bond acceptors (Lipinski definition) is 6. The minimum atomic E-state index is -1.06. The molecule has 0 radical (unpaired) electrons. The Balaban J connectivity index is 1.89. The highest BCUT2D eigenvalue weighted by molar-refractivity contribution is 8.27. The Kier molecular flexibility index (Phi) is 7.35. The summed E-state index contributed by atoms with van der Waals surface area (Å²) in [6, 6.07) is 10.1. The van der Waals surface area contributed by atoms with E-state index in [0.717, 1.165) is 24.0 Å². The van der Waals surface area contributed by atoms with Gasteiger partial charge in [0.2, 0.25) is 0 Å². The lowest BCUT2D eigenvalue weighted by molar-refractivity contribution is -0.113. The Morgan fingerprint density at radius 3 is 2.68 bits per heavy atom. The molecule has 1 aliphatic rings. The Bertz CT molecular complexity index is 1060. The number of thioether (sulfide) groups is 1. The average molecular weight is 458 g/mol. The summed E-state index contributed by atoms with van der Waals surface area (Å²) >= 11 is 6.60. The molecule has 1 aliphatic heterocycles. The van der Waals surface area contributed by atoms with Crippen molar-refractivity contribution in [3.05, 3.63) is 58.0 Å². The van der Waals surface area contributed by atoms with E-state index in [-0.39, 0.29) is 11.5 Å². The predicted molar refractivity (Wildman–Crippen MR) is 127 cm³/mol. The summed E-state index contributed by atoms with van der Waals surface area (Å²) in [4.78, 5) is 26.3. The van der Waals surface area contributed by atoms with Crippen LogP contribution in [0.2, 0.25) is 0 Å². The molecule has 0 saturated carbocycles. The maximum atomic E-state index is 13.1. The van der Waals surface area contributed by atoms with Crippen LogP contribution in [0.15, 0.2) is 41.3 Å². The second-order valence-corrected chi connectivity index (χ2v) is 8.61. The van der Waals surface area contributed by atoms with Crippen molar-refractivity contribution in [2.24, 2.45) is 0 Å². The number of thiocarbonyl (C=S) groups is 1. The van der Waals surface area contributed by atoms with Crippen LogP contribution in [0.3, 0.4) is 0 Å². The van der Waals surface area contributed by atoms with E-state index in [2.05, 4.69) is 6.92 Å². The maximum absolute atomic E-state index is 13.1. The van der Waals surface area contributed by atoms with Gasteiger partial charge in [-0.2, -0.15) is 0 Å². The molecule has 1 fully saturated rings. The van der Waals surface area contributed by atoms with E-state index in [1.807, 2.05) is 25.1 Å². The van der Waals surface area contributed by atoms with Gasteiger partial charge in [0.05, 0.1) is 29.9 Å². The van der Waals surface area contributed by atoms with Crippen molar-refractivity contribution in [3.8, 4) is 11.5 Å².